The first kappa shape index (κ1) is 22.7. The van der Waals surface area contributed by atoms with Gasteiger partial charge in [0, 0.05) is 24.8 Å². The summed E-state index contributed by atoms with van der Waals surface area (Å²) in [5.41, 5.74) is 1.44. The van der Waals surface area contributed by atoms with E-state index in [0.29, 0.717) is 6.42 Å². The molecule has 1 aromatic carbocycles. The van der Waals surface area contributed by atoms with Gasteiger partial charge in [-0.05, 0) is 38.5 Å². The van der Waals surface area contributed by atoms with E-state index in [1.54, 1.807) is 0 Å². The molecular weight excluding hydrogens is 410 g/mol. The summed E-state index contributed by atoms with van der Waals surface area (Å²) in [6.45, 7) is 5.65. The van der Waals surface area contributed by atoms with Gasteiger partial charge in [-0.15, -0.1) is 0 Å². The maximum atomic E-state index is 12.8. The highest BCUT2D eigenvalue weighted by Gasteiger charge is 2.16. The predicted molar refractivity (Wildman–Crippen MR) is 119 cm³/mol. The minimum absolute atomic E-state index is 0.0302. The number of hydrogen-bond acceptors (Lipinski definition) is 6. The zero-order valence-corrected chi connectivity index (χ0v) is 18.1. The van der Waals surface area contributed by atoms with Crippen molar-refractivity contribution in [2.45, 2.75) is 39.4 Å². The van der Waals surface area contributed by atoms with Gasteiger partial charge in [0.05, 0.1) is 17.2 Å². The lowest BCUT2D eigenvalue weighted by Crippen LogP contribution is -2.18. The van der Waals surface area contributed by atoms with Crippen LogP contribution >= 0.6 is 0 Å². The monoisotopic (exact) mass is 435 g/mol. The van der Waals surface area contributed by atoms with Crippen LogP contribution in [0, 0.1) is 0 Å². The number of carboxylic acids is 1. The van der Waals surface area contributed by atoms with E-state index in [-0.39, 0.29) is 40.9 Å². The van der Waals surface area contributed by atoms with Crippen LogP contribution in [0.5, 0.6) is 11.8 Å². The van der Waals surface area contributed by atoms with Crippen molar-refractivity contribution in [1.82, 2.24) is 9.97 Å². The minimum atomic E-state index is -1.09. The Morgan fingerprint density at radius 1 is 0.969 bits per heavy atom. The zero-order valence-electron chi connectivity index (χ0n) is 18.1. The van der Waals surface area contributed by atoms with Crippen molar-refractivity contribution in [3.63, 3.8) is 0 Å². The second-order valence-corrected chi connectivity index (χ2v) is 7.51. The van der Waals surface area contributed by atoms with Crippen molar-refractivity contribution in [1.29, 1.82) is 0 Å². The number of pyridine rings is 2. The predicted octanol–water partition coefficient (Wildman–Crippen LogP) is 4.22. The van der Waals surface area contributed by atoms with Crippen molar-refractivity contribution in [2.24, 2.45) is 0 Å². The van der Waals surface area contributed by atoms with Crippen LogP contribution in [0.1, 0.15) is 47.1 Å². The Hall–Kier alpha value is -3.94. The number of ether oxygens (including phenoxy) is 2. The number of carbonyl (C=O) groups excluding carboxylic acids is 1. The second kappa shape index (κ2) is 10.4. The molecule has 2 heterocycles. The molecule has 1 amide bonds. The number of nitrogens with zero attached hydrogens (tertiary/aromatic N) is 2. The van der Waals surface area contributed by atoms with E-state index in [2.05, 4.69) is 15.3 Å². The van der Waals surface area contributed by atoms with Gasteiger partial charge in [-0.3, -0.25) is 4.79 Å². The van der Waals surface area contributed by atoms with Gasteiger partial charge in [-0.2, -0.15) is 4.98 Å². The van der Waals surface area contributed by atoms with E-state index in [1.165, 1.54) is 30.5 Å². The van der Waals surface area contributed by atoms with Crippen LogP contribution in [-0.4, -0.2) is 39.2 Å². The summed E-state index contributed by atoms with van der Waals surface area (Å²) in [4.78, 5) is 32.1. The third-order valence-corrected chi connectivity index (χ3v) is 4.34. The number of hydrogen-bond donors (Lipinski definition) is 2. The Morgan fingerprint density at radius 2 is 1.66 bits per heavy atom. The third-order valence-electron chi connectivity index (χ3n) is 4.34. The second-order valence-electron chi connectivity index (χ2n) is 7.51. The van der Waals surface area contributed by atoms with Crippen molar-refractivity contribution < 1.29 is 24.2 Å². The smallest absolute Gasteiger partial charge is 0.337 e. The third kappa shape index (κ3) is 6.53. The number of nitrogens with one attached hydrogen (secondary N) is 1. The summed E-state index contributed by atoms with van der Waals surface area (Å²) in [6.07, 6.45) is 1.54. The molecule has 0 unspecified atom stereocenters. The molecule has 0 aliphatic carbocycles. The molecular formula is C24H25N3O5. The maximum Gasteiger partial charge on any atom is 0.337 e. The van der Waals surface area contributed by atoms with Gasteiger partial charge in [0.1, 0.15) is 11.9 Å². The minimum Gasteiger partial charge on any atom is -0.478 e. The lowest BCUT2D eigenvalue weighted by Gasteiger charge is -2.17. The first-order valence-electron chi connectivity index (χ1n) is 10.2. The molecule has 0 aliphatic rings. The number of aromatic carboxylic acids is 1. The SMILES string of the molecule is CC(C)Oc1cc(C(=O)Nc2ccc(C(=O)O)cn2)cc(O[C@H](C)Cc2ccccc2)n1. The fourth-order valence-electron chi connectivity index (χ4n) is 2.95. The van der Waals surface area contributed by atoms with Gasteiger partial charge in [0.15, 0.2) is 0 Å². The van der Waals surface area contributed by atoms with Gasteiger partial charge in [0.25, 0.3) is 5.91 Å². The van der Waals surface area contributed by atoms with Crippen LogP contribution in [-0.2, 0) is 6.42 Å². The largest absolute Gasteiger partial charge is 0.478 e. The van der Waals surface area contributed by atoms with E-state index in [9.17, 15) is 9.59 Å². The lowest BCUT2D eigenvalue weighted by atomic mass is 10.1. The summed E-state index contributed by atoms with van der Waals surface area (Å²) in [5.74, 6) is -0.777. The number of amides is 1. The molecule has 8 nitrogen and oxygen atoms in total. The molecule has 0 fully saturated rings. The van der Waals surface area contributed by atoms with Gasteiger partial charge in [0.2, 0.25) is 11.8 Å². The normalized spacial score (nSPS) is 11.6. The zero-order chi connectivity index (χ0) is 23.1. The molecule has 0 aliphatic heterocycles. The molecule has 0 saturated heterocycles. The van der Waals surface area contributed by atoms with E-state index < -0.39 is 11.9 Å². The van der Waals surface area contributed by atoms with E-state index in [1.807, 2.05) is 51.1 Å². The van der Waals surface area contributed by atoms with Crippen molar-refractivity contribution in [2.75, 3.05) is 5.32 Å². The molecule has 0 bridgehead atoms. The van der Waals surface area contributed by atoms with Gasteiger partial charge in [-0.25, -0.2) is 9.78 Å². The first-order valence-corrected chi connectivity index (χ1v) is 10.2. The fourth-order valence-corrected chi connectivity index (χ4v) is 2.95. The average Bonchev–Trinajstić information content (AvgIpc) is 2.74. The highest BCUT2D eigenvalue weighted by Crippen LogP contribution is 2.22. The standard InChI is InChI=1S/C24H25N3O5/c1-15(2)31-21-12-19(23(28)26-20-10-9-18(14-25-20)24(29)30)13-22(27-21)32-16(3)11-17-7-5-4-6-8-17/h4-10,12-16H,11H2,1-3H3,(H,29,30)(H,25,26,28)/t16-/m1/s1. The van der Waals surface area contributed by atoms with E-state index in [4.69, 9.17) is 14.6 Å². The summed E-state index contributed by atoms with van der Waals surface area (Å²) in [7, 11) is 0. The van der Waals surface area contributed by atoms with Crippen LogP contribution in [0.3, 0.4) is 0 Å². The molecule has 1 atom stereocenters. The lowest BCUT2D eigenvalue weighted by molar-refractivity contribution is 0.0696. The van der Waals surface area contributed by atoms with Crippen LogP contribution < -0.4 is 14.8 Å². The molecule has 0 spiro atoms. The Labute approximate surface area is 186 Å². The van der Waals surface area contributed by atoms with Gasteiger partial charge in [-0.1, -0.05) is 30.3 Å². The van der Waals surface area contributed by atoms with E-state index >= 15 is 0 Å². The number of rotatable bonds is 9. The number of aromatic nitrogens is 2. The summed E-state index contributed by atoms with van der Waals surface area (Å²) in [5, 5.41) is 11.6. The van der Waals surface area contributed by atoms with Gasteiger partial charge < -0.3 is 19.9 Å². The van der Waals surface area contributed by atoms with Crippen LogP contribution in [0.15, 0.2) is 60.8 Å². The van der Waals surface area contributed by atoms with Crippen molar-refractivity contribution in [3.05, 3.63) is 77.5 Å². The Balaban J connectivity index is 1.77. The number of benzene rings is 1. The highest BCUT2D eigenvalue weighted by molar-refractivity contribution is 6.04. The van der Waals surface area contributed by atoms with Crippen LogP contribution in [0.2, 0.25) is 0 Å². The molecule has 3 aromatic rings. The Morgan fingerprint density at radius 3 is 2.25 bits per heavy atom. The van der Waals surface area contributed by atoms with Crippen molar-refractivity contribution in [3.8, 4) is 11.8 Å². The fraction of sp³-hybridized carbons (Fsp3) is 0.250. The summed E-state index contributed by atoms with van der Waals surface area (Å²) >= 11 is 0. The van der Waals surface area contributed by atoms with E-state index in [0.717, 1.165) is 5.56 Å². The molecule has 2 aromatic heterocycles. The number of anilines is 1. The average molecular weight is 435 g/mol. The molecule has 8 heteroatoms. The van der Waals surface area contributed by atoms with Crippen LogP contribution in [0.4, 0.5) is 5.82 Å². The van der Waals surface area contributed by atoms with Crippen molar-refractivity contribution >= 4 is 17.7 Å². The van der Waals surface area contributed by atoms with Crippen LogP contribution in [0.25, 0.3) is 0 Å². The Bertz CT molecular complexity index is 1070. The Kier molecular flexibility index (Phi) is 7.38. The molecule has 2 N–H and O–H groups in total. The molecule has 3 rings (SSSR count). The molecule has 32 heavy (non-hydrogen) atoms. The molecule has 166 valence electrons. The maximum absolute atomic E-state index is 12.8. The number of carboxylic acid groups (broad SMARTS) is 1. The molecule has 0 saturated carbocycles. The summed E-state index contributed by atoms with van der Waals surface area (Å²) in [6, 6.07) is 15.8. The summed E-state index contributed by atoms with van der Waals surface area (Å²) < 4.78 is 11.7. The highest BCUT2D eigenvalue weighted by atomic mass is 16.5. The molecule has 0 radical (unpaired) electrons. The quantitative estimate of drug-likeness (QED) is 0.517. The van der Waals surface area contributed by atoms with Gasteiger partial charge >= 0.3 is 5.97 Å². The first-order chi connectivity index (χ1) is 15.3. The number of carbonyl (C=O) groups is 2. The topological polar surface area (TPSA) is 111 Å².